The van der Waals surface area contributed by atoms with Crippen molar-refractivity contribution in [3.8, 4) is 11.5 Å². The standard InChI is InChI=1S/C19H20ClNO3/c1-12-16-11-18(24-3)17(23-2)10-14(16)8-9-21(12)19(22)13-4-6-15(20)7-5-13/h4-7,10-12H,8-9H2,1-3H3/t12-/m0/s1. The highest BCUT2D eigenvalue weighted by molar-refractivity contribution is 6.30. The van der Waals surface area contributed by atoms with Gasteiger partial charge in [0.1, 0.15) is 0 Å². The molecular formula is C19H20ClNO3. The van der Waals surface area contributed by atoms with Gasteiger partial charge in [-0.3, -0.25) is 4.79 Å². The van der Waals surface area contributed by atoms with E-state index < -0.39 is 0 Å². The van der Waals surface area contributed by atoms with Crippen LogP contribution in [0.15, 0.2) is 36.4 Å². The molecule has 0 spiro atoms. The van der Waals surface area contributed by atoms with Crippen molar-refractivity contribution >= 4 is 17.5 Å². The Morgan fingerprint density at radius 3 is 2.38 bits per heavy atom. The zero-order valence-electron chi connectivity index (χ0n) is 14.0. The summed E-state index contributed by atoms with van der Waals surface area (Å²) in [6, 6.07) is 11.0. The highest BCUT2D eigenvalue weighted by Gasteiger charge is 2.29. The van der Waals surface area contributed by atoms with Gasteiger partial charge in [-0.1, -0.05) is 11.6 Å². The molecule has 0 fully saturated rings. The smallest absolute Gasteiger partial charge is 0.254 e. The molecule has 1 atom stereocenters. The SMILES string of the molecule is COc1cc2c(cc1OC)[C@H](C)N(C(=O)c1ccc(Cl)cc1)CC2. The number of nitrogens with zero attached hydrogens (tertiary/aromatic N) is 1. The van der Waals surface area contributed by atoms with Gasteiger partial charge in [0.15, 0.2) is 11.5 Å². The van der Waals surface area contributed by atoms with Crippen LogP contribution in [-0.2, 0) is 6.42 Å². The lowest BCUT2D eigenvalue weighted by Gasteiger charge is -2.36. The molecule has 2 aromatic rings. The molecule has 4 nitrogen and oxygen atoms in total. The van der Waals surface area contributed by atoms with Crippen LogP contribution in [0, 0.1) is 0 Å². The van der Waals surface area contributed by atoms with Crippen LogP contribution in [0.3, 0.4) is 0 Å². The first-order chi connectivity index (χ1) is 11.5. The number of halogens is 1. The van der Waals surface area contributed by atoms with E-state index in [1.165, 1.54) is 5.56 Å². The lowest BCUT2D eigenvalue weighted by Crippen LogP contribution is -2.38. The third-order valence-electron chi connectivity index (χ3n) is 4.54. The maximum atomic E-state index is 12.8. The molecule has 0 unspecified atom stereocenters. The van der Waals surface area contributed by atoms with Crippen LogP contribution in [-0.4, -0.2) is 31.6 Å². The average molecular weight is 346 g/mol. The Morgan fingerprint density at radius 2 is 1.75 bits per heavy atom. The van der Waals surface area contributed by atoms with Crippen molar-refractivity contribution in [3.05, 3.63) is 58.1 Å². The molecule has 24 heavy (non-hydrogen) atoms. The molecule has 0 saturated carbocycles. The van der Waals surface area contributed by atoms with E-state index in [-0.39, 0.29) is 11.9 Å². The number of rotatable bonds is 3. The summed E-state index contributed by atoms with van der Waals surface area (Å²) >= 11 is 5.91. The van der Waals surface area contributed by atoms with E-state index in [1.807, 2.05) is 24.0 Å². The Labute approximate surface area is 146 Å². The monoisotopic (exact) mass is 345 g/mol. The highest BCUT2D eigenvalue weighted by atomic mass is 35.5. The fourth-order valence-electron chi connectivity index (χ4n) is 3.18. The minimum Gasteiger partial charge on any atom is -0.493 e. The van der Waals surface area contributed by atoms with Gasteiger partial charge in [0.25, 0.3) is 5.91 Å². The second-order valence-electron chi connectivity index (χ2n) is 5.84. The molecule has 0 aromatic heterocycles. The van der Waals surface area contributed by atoms with Crippen molar-refractivity contribution in [3.63, 3.8) is 0 Å². The first-order valence-corrected chi connectivity index (χ1v) is 8.24. The van der Waals surface area contributed by atoms with E-state index in [1.54, 1.807) is 38.5 Å². The molecule has 5 heteroatoms. The number of hydrogen-bond acceptors (Lipinski definition) is 3. The van der Waals surface area contributed by atoms with Crippen LogP contribution in [0.1, 0.15) is 34.5 Å². The maximum Gasteiger partial charge on any atom is 0.254 e. The molecule has 3 rings (SSSR count). The first kappa shape index (κ1) is 16.7. The van der Waals surface area contributed by atoms with Gasteiger partial charge in [-0.2, -0.15) is 0 Å². The highest BCUT2D eigenvalue weighted by Crippen LogP contribution is 2.38. The summed E-state index contributed by atoms with van der Waals surface area (Å²) in [4.78, 5) is 14.7. The minimum atomic E-state index is -0.0308. The van der Waals surface area contributed by atoms with Gasteiger partial charge < -0.3 is 14.4 Å². The molecule has 0 bridgehead atoms. The number of amides is 1. The van der Waals surface area contributed by atoms with Crippen molar-refractivity contribution in [2.24, 2.45) is 0 Å². The van der Waals surface area contributed by atoms with Crippen LogP contribution < -0.4 is 9.47 Å². The van der Waals surface area contributed by atoms with E-state index in [9.17, 15) is 4.79 Å². The number of carbonyl (C=O) groups excluding carboxylic acids is 1. The van der Waals surface area contributed by atoms with Gasteiger partial charge in [-0.15, -0.1) is 0 Å². The van der Waals surface area contributed by atoms with Crippen LogP contribution >= 0.6 is 11.6 Å². The van der Waals surface area contributed by atoms with Gasteiger partial charge in [0.2, 0.25) is 0 Å². The van der Waals surface area contributed by atoms with Gasteiger partial charge in [0, 0.05) is 17.1 Å². The quantitative estimate of drug-likeness (QED) is 0.840. The average Bonchev–Trinajstić information content (AvgIpc) is 2.61. The largest absolute Gasteiger partial charge is 0.493 e. The number of carbonyl (C=O) groups is 1. The van der Waals surface area contributed by atoms with Crippen molar-refractivity contribution < 1.29 is 14.3 Å². The molecule has 1 aliphatic rings. The molecule has 1 amide bonds. The van der Waals surface area contributed by atoms with Crippen molar-refractivity contribution in [1.29, 1.82) is 0 Å². The summed E-state index contributed by atoms with van der Waals surface area (Å²) in [6.07, 6.45) is 0.791. The van der Waals surface area contributed by atoms with Crippen molar-refractivity contribution in [2.75, 3.05) is 20.8 Å². The molecule has 1 heterocycles. The predicted octanol–water partition coefficient (Wildman–Crippen LogP) is 4.12. The summed E-state index contributed by atoms with van der Waals surface area (Å²) in [5.41, 5.74) is 2.94. The summed E-state index contributed by atoms with van der Waals surface area (Å²) in [5.74, 6) is 1.42. The van der Waals surface area contributed by atoms with Crippen LogP contribution in [0.4, 0.5) is 0 Å². The second kappa shape index (κ2) is 6.73. The zero-order valence-corrected chi connectivity index (χ0v) is 14.8. The number of benzene rings is 2. The van der Waals surface area contributed by atoms with Crippen molar-refractivity contribution in [2.45, 2.75) is 19.4 Å². The summed E-state index contributed by atoms with van der Waals surface area (Å²) < 4.78 is 10.8. The fourth-order valence-corrected chi connectivity index (χ4v) is 3.31. The van der Waals surface area contributed by atoms with Gasteiger partial charge in [-0.25, -0.2) is 0 Å². The van der Waals surface area contributed by atoms with E-state index in [4.69, 9.17) is 21.1 Å². The zero-order chi connectivity index (χ0) is 17.3. The van der Waals surface area contributed by atoms with Crippen LogP contribution in [0.25, 0.3) is 0 Å². The molecule has 0 aliphatic carbocycles. The third kappa shape index (κ3) is 2.94. The Kier molecular flexibility index (Phi) is 4.67. The van der Waals surface area contributed by atoms with E-state index >= 15 is 0 Å². The van der Waals surface area contributed by atoms with Crippen LogP contribution in [0.2, 0.25) is 5.02 Å². The van der Waals surface area contributed by atoms with Crippen LogP contribution in [0.5, 0.6) is 11.5 Å². The predicted molar refractivity (Wildman–Crippen MR) is 94.2 cm³/mol. The summed E-state index contributed by atoms with van der Waals surface area (Å²) in [5, 5.41) is 0.625. The Hall–Kier alpha value is -2.20. The topological polar surface area (TPSA) is 38.8 Å². The van der Waals surface area contributed by atoms with E-state index in [0.29, 0.717) is 22.9 Å². The molecule has 0 N–H and O–H groups in total. The normalized spacial score (nSPS) is 16.5. The van der Waals surface area contributed by atoms with E-state index in [0.717, 1.165) is 17.7 Å². The van der Waals surface area contributed by atoms with Gasteiger partial charge in [0.05, 0.1) is 20.3 Å². The molecule has 0 saturated heterocycles. The minimum absolute atomic E-state index is 0.0135. The number of ether oxygens (including phenoxy) is 2. The molecule has 126 valence electrons. The fraction of sp³-hybridized carbons (Fsp3) is 0.316. The molecule has 2 aromatic carbocycles. The van der Waals surface area contributed by atoms with Gasteiger partial charge in [-0.05, 0) is 60.9 Å². The molecule has 1 aliphatic heterocycles. The Bertz CT molecular complexity index is 758. The Balaban J connectivity index is 1.92. The number of methoxy groups -OCH3 is 2. The summed E-state index contributed by atoms with van der Waals surface area (Å²) in [7, 11) is 3.25. The first-order valence-electron chi connectivity index (χ1n) is 7.86. The van der Waals surface area contributed by atoms with E-state index in [2.05, 4.69) is 0 Å². The molecular weight excluding hydrogens is 326 g/mol. The maximum absolute atomic E-state index is 12.8. The lowest BCUT2D eigenvalue weighted by molar-refractivity contribution is 0.0677. The third-order valence-corrected chi connectivity index (χ3v) is 4.79. The summed E-state index contributed by atoms with van der Waals surface area (Å²) in [6.45, 7) is 2.71. The Morgan fingerprint density at radius 1 is 1.12 bits per heavy atom. The van der Waals surface area contributed by atoms with Gasteiger partial charge >= 0.3 is 0 Å². The number of hydrogen-bond donors (Lipinski definition) is 0. The number of fused-ring (bicyclic) bond motifs is 1. The van der Waals surface area contributed by atoms with Crippen molar-refractivity contribution in [1.82, 2.24) is 4.90 Å². The lowest BCUT2D eigenvalue weighted by atomic mass is 9.92. The second-order valence-corrected chi connectivity index (χ2v) is 6.27. The molecule has 0 radical (unpaired) electrons.